The Bertz CT molecular complexity index is 1440. The van der Waals surface area contributed by atoms with Crippen LogP contribution < -0.4 is 0 Å². The fourth-order valence-electron chi connectivity index (χ4n) is 9.36. The zero-order valence-corrected chi connectivity index (χ0v) is 36.3. The van der Waals surface area contributed by atoms with Crippen molar-refractivity contribution >= 4 is 35.0 Å². The second-order valence-electron chi connectivity index (χ2n) is 17.1. The van der Waals surface area contributed by atoms with Gasteiger partial charge in [0.2, 0.25) is 5.79 Å². The second-order valence-corrected chi connectivity index (χ2v) is 17.7. The van der Waals surface area contributed by atoms with Crippen LogP contribution in [-0.4, -0.2) is 126 Å². The highest BCUT2D eigenvalue weighted by atomic mass is 35.5. The van der Waals surface area contributed by atoms with E-state index in [4.69, 9.17) is 35.3 Å². The number of methoxy groups -OCH3 is 3. The molecule has 57 heavy (non-hydrogen) atoms. The third-order valence-corrected chi connectivity index (χ3v) is 13.3. The number of piperidine rings is 1. The molecule has 0 radical (unpaired) electrons. The van der Waals surface area contributed by atoms with Crippen LogP contribution in [-0.2, 0) is 42.9 Å². The maximum atomic E-state index is 14.3. The van der Waals surface area contributed by atoms with Gasteiger partial charge in [-0.15, -0.1) is 11.6 Å². The predicted molar refractivity (Wildman–Crippen MR) is 215 cm³/mol. The van der Waals surface area contributed by atoms with Crippen molar-refractivity contribution in [3.63, 3.8) is 0 Å². The van der Waals surface area contributed by atoms with Gasteiger partial charge in [-0.3, -0.25) is 14.4 Å². The molecule has 326 valence electrons. The monoisotopic (exact) mass is 827 g/mol. The van der Waals surface area contributed by atoms with Crippen molar-refractivity contribution < 1.29 is 58.6 Å². The normalized spacial score (nSPS) is 40.8. The standard InChI is InChI=1S/C43H68ClNO11.H2O/c1-10-30-18-24(2)17-25(3)19-36(53-8)39-37(54-9)21-27(5)43(51,56-39)40(48)41(49)45-16-12-11-13-32(45)42(50)55-38(28(6)33(46)23-34(30)47)26(4)20-29-14-15-31(44)35(22-29)52-7;/h18,20,25,27-33,35-39,46,51H,10-17,19,21-23H2,1-9H3;1H2/b24-18+,26-20+;. The first-order valence-electron chi connectivity index (χ1n) is 20.7. The number of rotatable bonds is 6. The number of cyclic esters (lactones) is 1. The van der Waals surface area contributed by atoms with Gasteiger partial charge in [-0.25, -0.2) is 4.79 Å². The molecule has 0 aromatic heterocycles. The Kier molecular flexibility index (Phi) is 18.8. The number of allylic oxidation sites excluding steroid dienone is 3. The van der Waals surface area contributed by atoms with Crippen LogP contribution in [0.1, 0.15) is 112 Å². The minimum Gasteiger partial charge on any atom is -0.456 e. The molecule has 4 N–H and O–H groups in total. The molecule has 1 saturated carbocycles. The molecule has 0 aromatic rings. The van der Waals surface area contributed by atoms with Crippen LogP contribution >= 0.6 is 11.6 Å². The summed E-state index contributed by atoms with van der Waals surface area (Å²) in [5.41, 5.74) is 1.71. The number of Topliss-reactive ketones (excluding diaryl/α,β-unsaturated/α-hetero) is 2. The van der Waals surface area contributed by atoms with Crippen molar-refractivity contribution in [1.29, 1.82) is 0 Å². The number of nitrogens with zero attached hydrogens (tertiary/aromatic N) is 1. The number of hydrogen-bond donors (Lipinski definition) is 2. The molecule has 4 aliphatic rings. The zero-order valence-electron chi connectivity index (χ0n) is 35.5. The molecule has 2 saturated heterocycles. The number of amides is 1. The lowest BCUT2D eigenvalue weighted by molar-refractivity contribution is -0.302. The molecule has 0 spiro atoms. The number of esters is 1. The molecular weight excluding hydrogens is 758 g/mol. The van der Waals surface area contributed by atoms with Gasteiger partial charge in [0.1, 0.15) is 24.0 Å². The van der Waals surface area contributed by atoms with Crippen LogP contribution in [0.3, 0.4) is 0 Å². The maximum absolute atomic E-state index is 14.3. The van der Waals surface area contributed by atoms with E-state index in [1.54, 1.807) is 21.0 Å². The van der Waals surface area contributed by atoms with Crippen molar-refractivity contribution in [1.82, 2.24) is 4.90 Å². The Morgan fingerprint density at radius 3 is 2.25 bits per heavy atom. The summed E-state index contributed by atoms with van der Waals surface area (Å²) in [6, 6.07) is -1.12. The van der Waals surface area contributed by atoms with Gasteiger partial charge < -0.3 is 44.3 Å². The average molecular weight is 828 g/mol. The first-order valence-corrected chi connectivity index (χ1v) is 21.2. The third kappa shape index (κ3) is 11.7. The summed E-state index contributed by atoms with van der Waals surface area (Å²) in [6.45, 7) is 11.3. The molecule has 1 amide bonds. The van der Waals surface area contributed by atoms with Crippen molar-refractivity contribution in [2.24, 2.45) is 29.6 Å². The molecule has 14 heteroatoms. The van der Waals surface area contributed by atoms with Gasteiger partial charge in [0.25, 0.3) is 11.7 Å². The van der Waals surface area contributed by atoms with E-state index in [0.717, 1.165) is 18.4 Å². The highest BCUT2D eigenvalue weighted by Crippen LogP contribution is 2.39. The van der Waals surface area contributed by atoms with E-state index in [-0.39, 0.29) is 60.4 Å². The Morgan fingerprint density at radius 1 is 0.965 bits per heavy atom. The highest BCUT2D eigenvalue weighted by Gasteiger charge is 2.56. The first kappa shape index (κ1) is 49.1. The molecule has 4 rings (SSSR count). The van der Waals surface area contributed by atoms with Crippen molar-refractivity contribution in [3.05, 3.63) is 23.3 Å². The summed E-state index contributed by atoms with van der Waals surface area (Å²) in [6.07, 6.45) is 5.16. The van der Waals surface area contributed by atoms with Gasteiger partial charge in [0.05, 0.1) is 29.8 Å². The van der Waals surface area contributed by atoms with Crippen molar-refractivity contribution in [2.45, 2.75) is 166 Å². The fourth-order valence-corrected chi connectivity index (χ4v) is 9.69. The van der Waals surface area contributed by atoms with Crippen molar-refractivity contribution in [3.8, 4) is 0 Å². The van der Waals surface area contributed by atoms with Crippen LogP contribution in [0.25, 0.3) is 0 Å². The highest BCUT2D eigenvalue weighted by molar-refractivity contribution is 6.39. The summed E-state index contributed by atoms with van der Waals surface area (Å²) in [4.78, 5) is 57.7. The summed E-state index contributed by atoms with van der Waals surface area (Å²) in [7, 11) is 4.71. The minimum atomic E-state index is -2.49. The third-order valence-electron chi connectivity index (χ3n) is 12.8. The molecule has 3 fully saturated rings. The number of ether oxygens (including phenoxy) is 5. The number of carbonyl (C=O) groups is 4. The number of carbonyl (C=O) groups excluding carboxylic acids is 4. The van der Waals surface area contributed by atoms with E-state index in [1.807, 2.05) is 32.9 Å². The number of hydrogen-bond acceptors (Lipinski definition) is 11. The molecule has 14 atom stereocenters. The van der Waals surface area contributed by atoms with Crippen LogP contribution in [0.15, 0.2) is 23.3 Å². The van der Waals surface area contributed by atoms with Crippen LogP contribution in [0.5, 0.6) is 0 Å². The van der Waals surface area contributed by atoms with E-state index in [9.17, 15) is 29.4 Å². The van der Waals surface area contributed by atoms with Crippen LogP contribution in [0, 0.1) is 29.6 Å². The lowest BCUT2D eigenvalue weighted by atomic mass is 9.82. The lowest BCUT2D eigenvalue weighted by Crippen LogP contribution is -2.64. The smallest absolute Gasteiger partial charge is 0.329 e. The largest absolute Gasteiger partial charge is 0.456 e. The Morgan fingerprint density at radius 2 is 1.61 bits per heavy atom. The minimum absolute atomic E-state index is 0. The van der Waals surface area contributed by atoms with Gasteiger partial charge >= 0.3 is 5.97 Å². The SMILES string of the molecule is CCC1/C=C(\C)CC(C)CC(OC)C2OC(O)(C(=O)C(=O)N3CCCCC3C(=O)OC(/C(C)=C/C3CCC(Cl)C(OC)C3)C(C)C(O)CC1=O)C(C)CC2OC.O. The molecular formula is C43H70ClNO12. The molecule has 14 unspecified atom stereocenters. The molecule has 3 aliphatic heterocycles. The number of ketones is 2. The van der Waals surface area contributed by atoms with E-state index in [1.165, 1.54) is 19.1 Å². The fraction of sp³-hybridized carbons (Fsp3) is 0.814. The summed E-state index contributed by atoms with van der Waals surface area (Å²) in [5, 5.41) is 23.6. The van der Waals surface area contributed by atoms with Crippen LogP contribution in [0.2, 0.25) is 0 Å². The predicted octanol–water partition coefficient (Wildman–Crippen LogP) is 4.89. The number of aliphatic hydroxyl groups excluding tert-OH is 1. The van der Waals surface area contributed by atoms with Gasteiger partial charge in [-0.05, 0) is 95.5 Å². The van der Waals surface area contributed by atoms with Gasteiger partial charge in [0.15, 0.2) is 0 Å². The summed E-state index contributed by atoms with van der Waals surface area (Å²) in [5.74, 6) is -7.31. The summed E-state index contributed by atoms with van der Waals surface area (Å²) < 4.78 is 29.9. The zero-order chi connectivity index (χ0) is 41.5. The van der Waals surface area contributed by atoms with Gasteiger partial charge in [-0.1, -0.05) is 45.4 Å². The Hall–Kier alpha value is -2.23. The van der Waals surface area contributed by atoms with E-state index in [0.29, 0.717) is 44.1 Å². The van der Waals surface area contributed by atoms with E-state index in [2.05, 4.69) is 6.92 Å². The van der Waals surface area contributed by atoms with E-state index < -0.39 is 77.8 Å². The Balaban J connectivity index is 0.00000870. The molecule has 13 nitrogen and oxygen atoms in total. The average Bonchev–Trinajstić information content (AvgIpc) is 3.18. The molecule has 2 bridgehead atoms. The topological polar surface area (TPSA) is 190 Å². The van der Waals surface area contributed by atoms with Crippen LogP contribution in [0.4, 0.5) is 0 Å². The van der Waals surface area contributed by atoms with E-state index >= 15 is 0 Å². The summed E-state index contributed by atoms with van der Waals surface area (Å²) >= 11 is 6.52. The number of fused-ring (bicyclic) bond motifs is 3. The van der Waals surface area contributed by atoms with Crippen molar-refractivity contribution in [2.75, 3.05) is 27.9 Å². The quantitative estimate of drug-likeness (QED) is 0.161. The second kappa shape index (κ2) is 21.9. The maximum Gasteiger partial charge on any atom is 0.329 e. The van der Waals surface area contributed by atoms with Gasteiger partial charge in [-0.2, -0.15) is 0 Å². The molecule has 0 aromatic carbocycles. The Labute approximate surface area is 344 Å². The number of alkyl halides is 1. The number of aliphatic hydroxyl groups is 2. The lowest BCUT2D eigenvalue weighted by Gasteiger charge is -2.47. The number of halogens is 1. The molecule has 3 heterocycles. The first-order chi connectivity index (χ1) is 26.5. The van der Waals surface area contributed by atoms with Gasteiger partial charge in [0, 0.05) is 52.0 Å². The molecule has 1 aliphatic carbocycles.